The number of aliphatic hydroxyl groups is 1. The minimum Gasteiger partial charge on any atom is -0.423 e. The highest BCUT2D eigenvalue weighted by Gasteiger charge is 2.21. The van der Waals surface area contributed by atoms with E-state index in [2.05, 4.69) is 42.3 Å². The highest BCUT2D eigenvalue weighted by atomic mass is 16.4. The quantitative estimate of drug-likeness (QED) is 0.447. The molecule has 0 unspecified atom stereocenters. The van der Waals surface area contributed by atoms with E-state index in [0.29, 0.717) is 18.4 Å². The van der Waals surface area contributed by atoms with Gasteiger partial charge in [0.25, 0.3) is 0 Å². The molecule has 4 rings (SSSR count). The number of nitrogens with zero attached hydrogens (tertiary/aromatic N) is 1. The summed E-state index contributed by atoms with van der Waals surface area (Å²) in [6.45, 7) is 1.37. The highest BCUT2D eigenvalue weighted by molar-refractivity contribution is 6.51. The fourth-order valence-corrected chi connectivity index (χ4v) is 4.45. The lowest BCUT2D eigenvalue weighted by molar-refractivity contribution is 0.285. The molecule has 0 bridgehead atoms. The van der Waals surface area contributed by atoms with Crippen LogP contribution in [-0.2, 0) is 13.2 Å². The first-order valence-corrected chi connectivity index (χ1v) is 10.1. The van der Waals surface area contributed by atoms with E-state index in [9.17, 15) is 15.2 Å². The molecule has 0 aliphatic heterocycles. The van der Waals surface area contributed by atoms with Crippen molar-refractivity contribution in [3.05, 3.63) is 82.9 Å². The van der Waals surface area contributed by atoms with Crippen molar-refractivity contribution in [3.8, 4) is 0 Å². The van der Waals surface area contributed by atoms with E-state index in [0.717, 1.165) is 45.6 Å². The standard InChI is InChI=1S/C24H26BNO3/c1-26(14-17-8-2-7-13-24(17)25(28)29)15-22-18-9-3-5-11-20(18)23(16-27)21-12-6-4-10-19(21)22/h2-6,8-12,27-29H,7,13-16H2,1H3. The maximum atomic E-state index is 10.0. The highest BCUT2D eigenvalue weighted by Crippen LogP contribution is 2.34. The molecule has 3 aromatic carbocycles. The zero-order valence-corrected chi connectivity index (χ0v) is 16.7. The summed E-state index contributed by atoms with van der Waals surface area (Å²) in [5, 5.41) is 33.9. The van der Waals surface area contributed by atoms with Crippen LogP contribution in [-0.4, -0.2) is 40.8 Å². The monoisotopic (exact) mass is 387 g/mol. The Bertz CT molecular complexity index is 1050. The molecular formula is C24H26BNO3. The third-order valence-electron chi connectivity index (χ3n) is 5.80. The smallest absolute Gasteiger partial charge is 0.423 e. The Morgan fingerprint density at radius 2 is 1.41 bits per heavy atom. The van der Waals surface area contributed by atoms with E-state index in [-0.39, 0.29) is 6.61 Å². The van der Waals surface area contributed by atoms with E-state index in [1.807, 2.05) is 30.3 Å². The average Bonchev–Trinajstić information content (AvgIpc) is 2.74. The van der Waals surface area contributed by atoms with E-state index >= 15 is 0 Å². The number of likely N-dealkylation sites (N-methyl/N-ethyl adjacent to an activating group) is 1. The Hall–Kier alpha value is -2.44. The lowest BCUT2D eigenvalue weighted by Crippen LogP contribution is -2.26. The SMILES string of the molecule is CN(CC1=C(B(O)O)CCC=C1)Cc1c2ccccc2c(CO)c2ccccc12. The number of rotatable bonds is 6. The van der Waals surface area contributed by atoms with E-state index < -0.39 is 7.12 Å². The van der Waals surface area contributed by atoms with Crippen molar-refractivity contribution in [2.45, 2.75) is 26.0 Å². The zero-order chi connectivity index (χ0) is 20.4. The summed E-state index contributed by atoms with van der Waals surface area (Å²) in [6.07, 6.45) is 5.64. The van der Waals surface area contributed by atoms with Crippen LogP contribution in [0.3, 0.4) is 0 Å². The van der Waals surface area contributed by atoms with Gasteiger partial charge in [-0.1, -0.05) is 60.7 Å². The van der Waals surface area contributed by atoms with Crippen LogP contribution in [0.1, 0.15) is 24.0 Å². The predicted octanol–water partition coefficient (Wildman–Crippen LogP) is 3.58. The van der Waals surface area contributed by atoms with E-state index in [1.165, 1.54) is 5.56 Å². The van der Waals surface area contributed by atoms with Gasteiger partial charge in [0.05, 0.1) is 6.61 Å². The van der Waals surface area contributed by atoms with Gasteiger partial charge in [-0.3, -0.25) is 4.90 Å². The molecule has 0 aromatic heterocycles. The van der Waals surface area contributed by atoms with Gasteiger partial charge >= 0.3 is 7.12 Å². The molecule has 1 aliphatic rings. The van der Waals surface area contributed by atoms with Gasteiger partial charge in [-0.05, 0) is 63.6 Å². The van der Waals surface area contributed by atoms with Gasteiger partial charge in [0.1, 0.15) is 0 Å². The van der Waals surface area contributed by atoms with E-state index in [4.69, 9.17) is 0 Å². The lowest BCUT2D eigenvalue weighted by Gasteiger charge is -2.24. The summed E-state index contributed by atoms with van der Waals surface area (Å²) >= 11 is 0. The van der Waals surface area contributed by atoms with Gasteiger partial charge in [0, 0.05) is 13.1 Å². The van der Waals surface area contributed by atoms with Gasteiger partial charge in [0.2, 0.25) is 0 Å². The predicted molar refractivity (Wildman–Crippen MR) is 119 cm³/mol. The second kappa shape index (κ2) is 8.51. The average molecular weight is 387 g/mol. The molecule has 0 heterocycles. The Balaban J connectivity index is 1.77. The molecule has 0 amide bonds. The van der Waals surface area contributed by atoms with Crippen LogP contribution in [0.2, 0.25) is 0 Å². The second-order valence-corrected chi connectivity index (χ2v) is 7.74. The number of aliphatic hydroxyl groups excluding tert-OH is 1. The maximum absolute atomic E-state index is 10.0. The molecule has 0 radical (unpaired) electrons. The number of fused-ring (bicyclic) bond motifs is 2. The van der Waals surface area contributed by atoms with Gasteiger partial charge < -0.3 is 15.2 Å². The molecule has 0 atom stereocenters. The molecule has 5 heteroatoms. The van der Waals surface area contributed by atoms with Crippen LogP contribution < -0.4 is 0 Å². The third kappa shape index (κ3) is 3.87. The zero-order valence-electron chi connectivity index (χ0n) is 16.7. The van der Waals surface area contributed by atoms with Gasteiger partial charge in [-0.15, -0.1) is 0 Å². The molecule has 148 valence electrons. The number of hydrogen-bond acceptors (Lipinski definition) is 4. The van der Waals surface area contributed by atoms with Crippen LogP contribution in [0.25, 0.3) is 21.5 Å². The first kappa shape index (κ1) is 19.9. The van der Waals surface area contributed by atoms with Crippen LogP contribution in [0.15, 0.2) is 71.7 Å². The molecule has 0 saturated heterocycles. The molecule has 3 aromatic rings. The summed E-state index contributed by atoms with van der Waals surface area (Å²) in [5.41, 5.74) is 3.88. The minimum atomic E-state index is -1.39. The third-order valence-corrected chi connectivity index (χ3v) is 5.80. The van der Waals surface area contributed by atoms with Crippen molar-refractivity contribution in [3.63, 3.8) is 0 Å². The van der Waals surface area contributed by atoms with Gasteiger partial charge in [-0.2, -0.15) is 0 Å². The van der Waals surface area contributed by atoms with Crippen LogP contribution in [0, 0.1) is 0 Å². The molecule has 4 nitrogen and oxygen atoms in total. The van der Waals surface area contributed by atoms with Crippen LogP contribution in [0.4, 0.5) is 0 Å². The Morgan fingerprint density at radius 1 is 0.862 bits per heavy atom. The number of hydrogen-bond donors (Lipinski definition) is 3. The molecule has 1 aliphatic carbocycles. The van der Waals surface area contributed by atoms with Gasteiger partial charge in [-0.25, -0.2) is 0 Å². The molecule has 3 N–H and O–H groups in total. The molecule has 0 spiro atoms. The van der Waals surface area contributed by atoms with Crippen molar-refractivity contribution >= 4 is 28.7 Å². The molecule has 0 fully saturated rings. The second-order valence-electron chi connectivity index (χ2n) is 7.74. The fraction of sp³-hybridized carbons (Fsp3) is 0.250. The summed E-state index contributed by atoms with van der Waals surface area (Å²) in [7, 11) is 0.661. The maximum Gasteiger partial charge on any atom is 0.484 e. The largest absolute Gasteiger partial charge is 0.484 e. The summed E-state index contributed by atoms with van der Waals surface area (Å²) in [4.78, 5) is 2.21. The van der Waals surface area contributed by atoms with E-state index in [1.54, 1.807) is 0 Å². The van der Waals surface area contributed by atoms with Crippen molar-refractivity contribution in [2.75, 3.05) is 13.6 Å². The Kier molecular flexibility index (Phi) is 5.83. The lowest BCUT2D eigenvalue weighted by atomic mass is 9.72. The Labute approximate surface area is 171 Å². The molecular weight excluding hydrogens is 361 g/mol. The van der Waals surface area contributed by atoms with Gasteiger partial charge in [0.15, 0.2) is 0 Å². The fourth-order valence-electron chi connectivity index (χ4n) is 4.45. The van der Waals surface area contributed by atoms with Crippen molar-refractivity contribution in [1.82, 2.24) is 4.90 Å². The minimum absolute atomic E-state index is 0.00652. The normalized spacial score (nSPS) is 14.4. The topological polar surface area (TPSA) is 63.9 Å². The van der Waals surface area contributed by atoms with Crippen LogP contribution in [0.5, 0.6) is 0 Å². The molecule has 29 heavy (non-hydrogen) atoms. The molecule has 0 saturated carbocycles. The summed E-state index contributed by atoms with van der Waals surface area (Å²) < 4.78 is 0. The first-order valence-electron chi connectivity index (χ1n) is 10.1. The first-order chi connectivity index (χ1) is 14.1. The van der Waals surface area contributed by atoms with Crippen molar-refractivity contribution in [1.29, 1.82) is 0 Å². The number of allylic oxidation sites excluding steroid dienone is 2. The van der Waals surface area contributed by atoms with Crippen molar-refractivity contribution < 1.29 is 15.2 Å². The van der Waals surface area contributed by atoms with Crippen molar-refractivity contribution in [2.24, 2.45) is 0 Å². The Morgan fingerprint density at radius 3 is 1.93 bits per heavy atom. The summed E-state index contributed by atoms with van der Waals surface area (Å²) in [5.74, 6) is 0. The number of benzene rings is 3. The summed E-state index contributed by atoms with van der Waals surface area (Å²) in [6, 6.07) is 16.5. The van der Waals surface area contributed by atoms with Crippen LogP contribution >= 0.6 is 0 Å².